The Balaban J connectivity index is 2.18. The molecule has 4 nitrogen and oxygen atoms in total. The van der Waals surface area contributed by atoms with Gasteiger partial charge in [0.25, 0.3) is 0 Å². The van der Waals surface area contributed by atoms with Crippen LogP contribution in [0.15, 0.2) is 51.8 Å². The van der Waals surface area contributed by atoms with Crippen LogP contribution < -0.4 is 5.73 Å². The number of nitriles is 1. The zero-order valence-electron chi connectivity index (χ0n) is 13.3. The van der Waals surface area contributed by atoms with Crippen LogP contribution in [0.25, 0.3) is 0 Å². The van der Waals surface area contributed by atoms with Gasteiger partial charge in [0.15, 0.2) is 5.78 Å². The molecule has 0 bridgehead atoms. The van der Waals surface area contributed by atoms with Crippen molar-refractivity contribution in [2.24, 2.45) is 5.73 Å². The number of Topliss-reactive ketones (excluding diaryl/α,β-unsaturated/α-hetero) is 1. The third-order valence-electron chi connectivity index (χ3n) is 4.62. The molecule has 0 aromatic heterocycles. The molecule has 0 fully saturated rings. The maximum Gasteiger partial charge on any atom is 0.161 e. The summed E-state index contributed by atoms with van der Waals surface area (Å²) in [6.45, 7) is 0. The highest BCUT2D eigenvalue weighted by Crippen LogP contribution is 2.44. The molecule has 0 saturated heterocycles. The molecule has 1 heterocycles. The van der Waals surface area contributed by atoms with Crippen molar-refractivity contribution < 1.29 is 4.79 Å². The van der Waals surface area contributed by atoms with Crippen LogP contribution in [0.3, 0.4) is 0 Å². The molecule has 0 unspecified atom stereocenters. The fraction of sp³-hybridized carbons (Fsp3) is 0.333. The van der Waals surface area contributed by atoms with Gasteiger partial charge in [-0.1, -0.05) is 12.1 Å². The number of carbonyl (C=O) groups excluding carboxylic acids is 1. The molecule has 0 radical (unpaired) electrons. The van der Waals surface area contributed by atoms with Crippen LogP contribution in [0, 0.1) is 11.3 Å². The van der Waals surface area contributed by atoms with Crippen molar-refractivity contribution in [2.75, 3.05) is 13.3 Å². The van der Waals surface area contributed by atoms with E-state index in [1.165, 1.54) is 0 Å². The number of thioether (sulfide) groups is 1. The Morgan fingerprint density at radius 3 is 2.61 bits per heavy atom. The smallest absolute Gasteiger partial charge is 0.161 e. The SMILES string of the molecule is CSc1ccc([C@@H]2C(C#N)=C(N)N(C)C3=C2C(=O)CCC3)cc1. The monoisotopic (exact) mass is 325 g/mol. The van der Waals surface area contributed by atoms with Gasteiger partial charge in [-0.3, -0.25) is 4.79 Å². The fourth-order valence-electron chi connectivity index (χ4n) is 3.39. The van der Waals surface area contributed by atoms with E-state index in [9.17, 15) is 10.1 Å². The van der Waals surface area contributed by atoms with Crippen molar-refractivity contribution in [1.82, 2.24) is 4.90 Å². The number of rotatable bonds is 2. The van der Waals surface area contributed by atoms with Gasteiger partial charge in [0.2, 0.25) is 0 Å². The van der Waals surface area contributed by atoms with Gasteiger partial charge >= 0.3 is 0 Å². The van der Waals surface area contributed by atoms with Crippen LogP contribution in [0.1, 0.15) is 30.7 Å². The standard InChI is InChI=1S/C18H19N3OS/c1-21-14-4-3-5-15(22)17(14)16(13(10-19)18(21)20)11-6-8-12(23-2)9-7-11/h6-9,16H,3-5,20H2,1-2H3/t16-/m1/s1. The predicted octanol–water partition coefficient (Wildman–Crippen LogP) is 3.14. The van der Waals surface area contributed by atoms with Gasteiger partial charge < -0.3 is 10.6 Å². The molecule has 1 aromatic carbocycles. The average Bonchev–Trinajstić information content (AvgIpc) is 2.58. The number of hydrogen-bond donors (Lipinski definition) is 1. The summed E-state index contributed by atoms with van der Waals surface area (Å²) in [6.07, 6.45) is 4.24. The second-order valence-corrected chi connectivity index (χ2v) is 6.69. The summed E-state index contributed by atoms with van der Waals surface area (Å²) >= 11 is 1.67. The van der Waals surface area contributed by atoms with Crippen LogP contribution in [0.5, 0.6) is 0 Å². The minimum Gasteiger partial charge on any atom is -0.384 e. The van der Waals surface area contributed by atoms with Gasteiger partial charge in [-0.05, 0) is 36.8 Å². The number of carbonyl (C=O) groups is 1. The van der Waals surface area contributed by atoms with E-state index in [4.69, 9.17) is 5.73 Å². The number of nitrogens with two attached hydrogens (primary N) is 1. The fourth-order valence-corrected chi connectivity index (χ4v) is 3.80. The van der Waals surface area contributed by atoms with Crippen molar-refractivity contribution in [3.63, 3.8) is 0 Å². The summed E-state index contributed by atoms with van der Waals surface area (Å²) in [4.78, 5) is 15.6. The van der Waals surface area contributed by atoms with Crippen LogP contribution in [-0.2, 0) is 4.79 Å². The van der Waals surface area contributed by atoms with Crippen molar-refractivity contribution in [3.05, 3.63) is 52.5 Å². The Labute approximate surface area is 140 Å². The Morgan fingerprint density at radius 1 is 1.30 bits per heavy atom. The molecule has 118 valence electrons. The first-order valence-electron chi connectivity index (χ1n) is 7.62. The lowest BCUT2D eigenvalue weighted by atomic mass is 9.76. The molecule has 3 rings (SSSR count). The summed E-state index contributed by atoms with van der Waals surface area (Å²) in [5, 5.41) is 9.64. The lowest BCUT2D eigenvalue weighted by Crippen LogP contribution is -2.36. The highest BCUT2D eigenvalue weighted by Gasteiger charge is 2.38. The average molecular weight is 325 g/mol. The van der Waals surface area contributed by atoms with Crippen LogP contribution in [-0.4, -0.2) is 24.0 Å². The maximum absolute atomic E-state index is 12.6. The molecule has 1 aliphatic carbocycles. The first kappa shape index (κ1) is 15.7. The van der Waals surface area contributed by atoms with Gasteiger partial charge in [-0.2, -0.15) is 5.26 Å². The van der Waals surface area contributed by atoms with Crippen molar-refractivity contribution >= 4 is 17.5 Å². The third kappa shape index (κ3) is 2.53. The van der Waals surface area contributed by atoms with Gasteiger partial charge in [0.1, 0.15) is 5.82 Å². The molecule has 23 heavy (non-hydrogen) atoms. The quantitative estimate of drug-likeness (QED) is 0.846. The number of ketones is 1. The summed E-state index contributed by atoms with van der Waals surface area (Å²) < 4.78 is 0. The van der Waals surface area contributed by atoms with E-state index < -0.39 is 0 Å². The lowest BCUT2D eigenvalue weighted by Gasteiger charge is -2.37. The first-order valence-corrected chi connectivity index (χ1v) is 8.84. The normalized spacial score (nSPS) is 21.3. The molecule has 0 spiro atoms. The van der Waals surface area contributed by atoms with Crippen LogP contribution in [0.4, 0.5) is 0 Å². The lowest BCUT2D eigenvalue weighted by molar-refractivity contribution is -0.116. The van der Waals surface area contributed by atoms with Gasteiger partial charge in [0, 0.05) is 29.6 Å². The zero-order valence-corrected chi connectivity index (χ0v) is 14.1. The number of benzene rings is 1. The van der Waals surface area contributed by atoms with Gasteiger partial charge in [-0.25, -0.2) is 0 Å². The summed E-state index contributed by atoms with van der Waals surface area (Å²) in [5.41, 5.74) is 9.35. The summed E-state index contributed by atoms with van der Waals surface area (Å²) in [7, 11) is 1.84. The van der Waals surface area contributed by atoms with E-state index in [-0.39, 0.29) is 11.7 Å². The molecular weight excluding hydrogens is 306 g/mol. The first-order chi connectivity index (χ1) is 11.1. The van der Waals surface area contributed by atoms with E-state index >= 15 is 0 Å². The molecule has 1 atom stereocenters. The number of allylic oxidation sites excluding steroid dienone is 3. The molecule has 1 aromatic rings. The van der Waals surface area contributed by atoms with Crippen molar-refractivity contribution in [3.8, 4) is 6.07 Å². The summed E-state index contributed by atoms with van der Waals surface area (Å²) in [5.74, 6) is 0.257. The second kappa shape index (κ2) is 6.13. The third-order valence-corrected chi connectivity index (χ3v) is 5.36. The van der Waals surface area contributed by atoms with E-state index in [1.807, 2.05) is 42.5 Å². The largest absolute Gasteiger partial charge is 0.384 e. The molecule has 2 aliphatic rings. The molecule has 5 heteroatoms. The Hall–Kier alpha value is -2.19. The zero-order chi connectivity index (χ0) is 16.6. The topological polar surface area (TPSA) is 70.1 Å². The van der Waals surface area contributed by atoms with Crippen LogP contribution in [0.2, 0.25) is 0 Å². The Kier molecular flexibility index (Phi) is 4.18. The van der Waals surface area contributed by atoms with Crippen LogP contribution >= 0.6 is 11.8 Å². The Bertz CT molecular complexity index is 755. The molecular formula is C18H19N3OS. The summed E-state index contributed by atoms with van der Waals surface area (Å²) in [6, 6.07) is 10.3. The van der Waals surface area contributed by atoms with Gasteiger partial charge in [0.05, 0.1) is 17.6 Å². The minimum atomic E-state index is -0.338. The number of hydrogen-bond acceptors (Lipinski definition) is 5. The van der Waals surface area contributed by atoms with E-state index in [1.54, 1.807) is 11.8 Å². The van der Waals surface area contributed by atoms with E-state index in [0.29, 0.717) is 17.8 Å². The molecule has 0 amide bonds. The highest BCUT2D eigenvalue weighted by atomic mass is 32.2. The minimum absolute atomic E-state index is 0.136. The number of nitrogens with zero attached hydrogens (tertiary/aromatic N) is 2. The highest BCUT2D eigenvalue weighted by molar-refractivity contribution is 7.98. The van der Waals surface area contributed by atoms with E-state index in [0.717, 1.165) is 34.6 Å². The predicted molar refractivity (Wildman–Crippen MR) is 91.4 cm³/mol. The molecule has 1 aliphatic heterocycles. The van der Waals surface area contributed by atoms with Gasteiger partial charge in [-0.15, -0.1) is 11.8 Å². The molecule has 0 saturated carbocycles. The van der Waals surface area contributed by atoms with Crippen molar-refractivity contribution in [2.45, 2.75) is 30.1 Å². The van der Waals surface area contributed by atoms with Crippen molar-refractivity contribution in [1.29, 1.82) is 5.26 Å². The van der Waals surface area contributed by atoms with E-state index in [2.05, 4.69) is 6.07 Å². The Morgan fingerprint density at radius 2 is 2.00 bits per heavy atom. The second-order valence-electron chi connectivity index (χ2n) is 5.81. The molecule has 2 N–H and O–H groups in total. The maximum atomic E-state index is 12.6.